The second-order valence-corrected chi connectivity index (χ2v) is 4.09. The molecule has 2 nitrogen and oxygen atoms in total. The molecule has 1 aromatic heterocycles. The maximum atomic E-state index is 9.71. The summed E-state index contributed by atoms with van der Waals surface area (Å²) in [5, 5.41) is 16.8. The summed E-state index contributed by atoms with van der Waals surface area (Å²) in [6.45, 7) is 7.36. The summed E-state index contributed by atoms with van der Waals surface area (Å²) >= 11 is 1.61. The van der Waals surface area contributed by atoms with Crippen LogP contribution in [-0.4, -0.2) is 18.2 Å². The molecule has 0 spiro atoms. The van der Waals surface area contributed by atoms with Crippen LogP contribution in [-0.2, 0) is 0 Å². The number of rotatable bonds is 6. The molecule has 14 heavy (non-hydrogen) atoms. The van der Waals surface area contributed by atoms with Crippen LogP contribution in [0.2, 0.25) is 0 Å². The van der Waals surface area contributed by atoms with E-state index in [4.69, 9.17) is 0 Å². The van der Waals surface area contributed by atoms with Crippen molar-refractivity contribution in [1.29, 1.82) is 0 Å². The number of hydrogen-bond donors (Lipinski definition) is 2. The molecule has 0 saturated carbocycles. The first-order chi connectivity index (χ1) is 6.74. The molecule has 1 aromatic rings. The van der Waals surface area contributed by atoms with Crippen LogP contribution in [0.25, 0.3) is 0 Å². The van der Waals surface area contributed by atoms with Gasteiger partial charge in [0.05, 0.1) is 6.10 Å². The molecular weight excluding hydrogens is 194 g/mol. The van der Waals surface area contributed by atoms with Gasteiger partial charge in [-0.1, -0.05) is 19.1 Å². The largest absolute Gasteiger partial charge is 0.387 e. The lowest BCUT2D eigenvalue weighted by molar-refractivity contribution is 0.176. The molecule has 3 heteroatoms. The molecule has 0 fully saturated rings. The van der Waals surface area contributed by atoms with Crippen molar-refractivity contribution < 1.29 is 5.11 Å². The number of thiophene rings is 1. The van der Waals surface area contributed by atoms with E-state index in [-0.39, 0.29) is 0 Å². The van der Waals surface area contributed by atoms with Crippen molar-refractivity contribution in [3.8, 4) is 0 Å². The molecule has 0 aliphatic heterocycles. The zero-order valence-electron chi connectivity index (χ0n) is 8.49. The Balaban J connectivity index is 2.22. The fraction of sp³-hybridized carbons (Fsp3) is 0.455. The van der Waals surface area contributed by atoms with Crippen LogP contribution in [0.1, 0.15) is 25.0 Å². The molecule has 0 aliphatic carbocycles. The highest BCUT2D eigenvalue weighted by atomic mass is 32.1. The third-order valence-corrected chi connectivity index (χ3v) is 2.84. The van der Waals surface area contributed by atoms with Gasteiger partial charge in [0.15, 0.2) is 0 Å². The molecule has 0 bridgehead atoms. The van der Waals surface area contributed by atoms with Gasteiger partial charge in [-0.3, -0.25) is 0 Å². The zero-order chi connectivity index (χ0) is 10.4. The second-order valence-electron chi connectivity index (χ2n) is 3.31. The van der Waals surface area contributed by atoms with Gasteiger partial charge in [0.2, 0.25) is 0 Å². The summed E-state index contributed by atoms with van der Waals surface area (Å²) < 4.78 is 0. The summed E-state index contributed by atoms with van der Waals surface area (Å²) in [7, 11) is 0. The maximum Gasteiger partial charge on any atom is 0.0922 e. The van der Waals surface area contributed by atoms with E-state index in [2.05, 4.69) is 18.8 Å². The third-order valence-electron chi connectivity index (χ3n) is 2.14. The second kappa shape index (κ2) is 5.96. The molecule has 1 heterocycles. The molecule has 0 aromatic carbocycles. The molecule has 78 valence electrons. The summed E-state index contributed by atoms with van der Waals surface area (Å²) in [4.78, 5) is 0. The Morgan fingerprint density at radius 1 is 1.71 bits per heavy atom. The van der Waals surface area contributed by atoms with Gasteiger partial charge in [-0.15, -0.1) is 0 Å². The van der Waals surface area contributed by atoms with E-state index >= 15 is 0 Å². The Morgan fingerprint density at radius 3 is 3.07 bits per heavy atom. The Labute approximate surface area is 89.3 Å². The molecule has 2 N–H and O–H groups in total. The molecule has 0 amide bonds. The summed E-state index contributed by atoms with van der Waals surface area (Å²) in [6, 6.07) is 1.95. The van der Waals surface area contributed by atoms with Crippen LogP contribution >= 0.6 is 11.3 Å². The van der Waals surface area contributed by atoms with Crippen molar-refractivity contribution in [2.24, 2.45) is 0 Å². The van der Waals surface area contributed by atoms with Crippen LogP contribution in [0.5, 0.6) is 0 Å². The van der Waals surface area contributed by atoms with Gasteiger partial charge in [0.25, 0.3) is 0 Å². The maximum absolute atomic E-state index is 9.71. The van der Waals surface area contributed by atoms with Crippen LogP contribution in [0.3, 0.4) is 0 Å². The van der Waals surface area contributed by atoms with E-state index in [0.717, 1.165) is 18.5 Å². The van der Waals surface area contributed by atoms with Gasteiger partial charge >= 0.3 is 0 Å². The van der Waals surface area contributed by atoms with Crippen molar-refractivity contribution in [2.45, 2.75) is 19.4 Å². The molecule has 0 saturated heterocycles. The SMILES string of the molecule is C=C(CC)CNCC(O)c1ccsc1. The highest BCUT2D eigenvalue weighted by Crippen LogP contribution is 2.14. The molecule has 1 atom stereocenters. The first-order valence-corrected chi connectivity index (χ1v) is 5.75. The lowest BCUT2D eigenvalue weighted by atomic mass is 10.2. The van der Waals surface area contributed by atoms with Crippen LogP contribution in [0.15, 0.2) is 29.0 Å². The standard InChI is InChI=1S/C11H17NOS/c1-3-9(2)6-12-7-11(13)10-4-5-14-8-10/h4-5,8,11-13H,2-3,6-7H2,1H3. The van der Waals surface area contributed by atoms with E-state index in [1.807, 2.05) is 16.8 Å². The van der Waals surface area contributed by atoms with E-state index in [1.165, 1.54) is 5.57 Å². The van der Waals surface area contributed by atoms with Gasteiger partial charge in [-0.2, -0.15) is 11.3 Å². The van der Waals surface area contributed by atoms with Crippen molar-refractivity contribution >= 4 is 11.3 Å². The number of aliphatic hydroxyl groups excluding tert-OH is 1. The van der Waals surface area contributed by atoms with Crippen LogP contribution in [0.4, 0.5) is 0 Å². The number of nitrogens with one attached hydrogen (secondary N) is 1. The van der Waals surface area contributed by atoms with Gasteiger partial charge in [-0.25, -0.2) is 0 Å². The quantitative estimate of drug-likeness (QED) is 0.708. The Hall–Kier alpha value is -0.640. The fourth-order valence-electron chi connectivity index (χ4n) is 1.09. The van der Waals surface area contributed by atoms with Crippen molar-refractivity contribution in [2.75, 3.05) is 13.1 Å². The lowest BCUT2D eigenvalue weighted by Gasteiger charge is -2.10. The van der Waals surface area contributed by atoms with Crippen molar-refractivity contribution in [3.05, 3.63) is 34.5 Å². The van der Waals surface area contributed by atoms with Gasteiger partial charge in [0.1, 0.15) is 0 Å². The third kappa shape index (κ3) is 3.62. The number of hydrogen-bond acceptors (Lipinski definition) is 3. The Bertz CT molecular complexity index is 269. The van der Waals surface area contributed by atoms with E-state index < -0.39 is 6.10 Å². The Kier molecular flexibility index (Phi) is 4.87. The molecule has 0 radical (unpaired) electrons. The monoisotopic (exact) mass is 211 g/mol. The van der Waals surface area contributed by atoms with E-state index in [1.54, 1.807) is 11.3 Å². The average molecular weight is 211 g/mol. The normalized spacial score (nSPS) is 12.7. The highest BCUT2D eigenvalue weighted by Gasteiger charge is 2.06. The molecule has 1 unspecified atom stereocenters. The van der Waals surface area contributed by atoms with Crippen LogP contribution < -0.4 is 5.32 Å². The minimum atomic E-state index is -0.397. The fourth-order valence-corrected chi connectivity index (χ4v) is 1.80. The van der Waals surface area contributed by atoms with Crippen molar-refractivity contribution in [3.63, 3.8) is 0 Å². The average Bonchev–Trinajstić information content (AvgIpc) is 2.70. The predicted molar refractivity (Wildman–Crippen MR) is 61.6 cm³/mol. The zero-order valence-corrected chi connectivity index (χ0v) is 9.31. The molecule has 0 aliphatic rings. The van der Waals surface area contributed by atoms with Gasteiger partial charge < -0.3 is 10.4 Å². The first kappa shape index (κ1) is 11.4. The topological polar surface area (TPSA) is 32.3 Å². The van der Waals surface area contributed by atoms with E-state index in [9.17, 15) is 5.11 Å². The Morgan fingerprint density at radius 2 is 2.50 bits per heavy atom. The first-order valence-electron chi connectivity index (χ1n) is 4.81. The van der Waals surface area contributed by atoms with Crippen molar-refractivity contribution in [1.82, 2.24) is 5.32 Å². The van der Waals surface area contributed by atoms with Crippen LogP contribution in [0, 0.1) is 0 Å². The minimum absolute atomic E-state index is 0.397. The summed E-state index contributed by atoms with van der Waals surface area (Å²) in [6.07, 6.45) is 0.590. The smallest absolute Gasteiger partial charge is 0.0922 e. The predicted octanol–water partition coefficient (Wildman–Crippen LogP) is 2.34. The van der Waals surface area contributed by atoms with Gasteiger partial charge in [0, 0.05) is 13.1 Å². The lowest BCUT2D eigenvalue weighted by Crippen LogP contribution is -2.23. The van der Waals surface area contributed by atoms with E-state index in [0.29, 0.717) is 6.54 Å². The summed E-state index contributed by atoms with van der Waals surface area (Å²) in [5.41, 5.74) is 2.16. The molecular formula is C11H17NOS. The molecule has 1 rings (SSSR count). The summed E-state index contributed by atoms with van der Waals surface area (Å²) in [5.74, 6) is 0. The highest BCUT2D eigenvalue weighted by molar-refractivity contribution is 7.07. The van der Waals surface area contributed by atoms with Gasteiger partial charge in [-0.05, 0) is 28.8 Å². The number of aliphatic hydroxyl groups is 1. The minimum Gasteiger partial charge on any atom is -0.387 e.